The molecule has 2 rings (SSSR count). The van der Waals surface area contributed by atoms with Crippen molar-refractivity contribution in [3.63, 3.8) is 0 Å². The fourth-order valence-corrected chi connectivity index (χ4v) is 1.69. The van der Waals surface area contributed by atoms with Crippen LogP contribution in [0.2, 0.25) is 0 Å². The second kappa shape index (κ2) is 3.24. The maximum Gasteiger partial charge on any atom is 0.318 e. The van der Waals surface area contributed by atoms with Gasteiger partial charge < -0.3 is 15.1 Å². The predicted molar refractivity (Wildman–Crippen MR) is 52.8 cm³/mol. The summed E-state index contributed by atoms with van der Waals surface area (Å²) in [5.74, 6) is 0.505. The summed E-state index contributed by atoms with van der Waals surface area (Å²) in [6, 6.07) is 0.608. The molecule has 1 aliphatic rings. The van der Waals surface area contributed by atoms with Crippen LogP contribution in [-0.4, -0.2) is 23.3 Å². The summed E-state index contributed by atoms with van der Waals surface area (Å²) in [6.07, 6.45) is 1.18. The van der Waals surface area contributed by atoms with Gasteiger partial charge in [0.05, 0.1) is 6.54 Å². The van der Waals surface area contributed by atoms with Gasteiger partial charge in [-0.05, 0) is 6.42 Å². The number of hydrogen-bond acceptors (Lipinski definition) is 5. The van der Waals surface area contributed by atoms with Crippen LogP contribution in [0.1, 0.15) is 26.2 Å². The summed E-state index contributed by atoms with van der Waals surface area (Å²) in [6.45, 7) is 6.78. The molecule has 0 aliphatic carbocycles. The van der Waals surface area contributed by atoms with Crippen LogP contribution < -0.4 is 10.6 Å². The standard InChI is InChI=1S/C9H16N4O/c1-3-9(2)5-13(6-9)8-12-11-7(4-10)14-8/h3-6,10H2,1-2H3. The first-order valence-electron chi connectivity index (χ1n) is 4.94. The van der Waals surface area contributed by atoms with E-state index in [-0.39, 0.29) is 0 Å². The van der Waals surface area contributed by atoms with E-state index in [4.69, 9.17) is 10.2 Å². The van der Waals surface area contributed by atoms with Gasteiger partial charge in [0, 0.05) is 18.5 Å². The van der Waals surface area contributed by atoms with Crippen molar-refractivity contribution in [2.75, 3.05) is 18.0 Å². The molecule has 78 valence electrons. The molecular weight excluding hydrogens is 180 g/mol. The lowest BCUT2D eigenvalue weighted by Gasteiger charge is -2.46. The summed E-state index contributed by atoms with van der Waals surface area (Å²) < 4.78 is 5.35. The van der Waals surface area contributed by atoms with Crippen LogP contribution in [0.15, 0.2) is 4.42 Å². The van der Waals surface area contributed by atoms with Crippen molar-refractivity contribution < 1.29 is 4.42 Å². The first-order chi connectivity index (χ1) is 6.67. The van der Waals surface area contributed by atoms with Crippen LogP contribution in [-0.2, 0) is 6.54 Å². The number of rotatable bonds is 3. The first kappa shape index (κ1) is 9.45. The van der Waals surface area contributed by atoms with Gasteiger partial charge in [-0.25, -0.2) is 0 Å². The fraction of sp³-hybridized carbons (Fsp3) is 0.778. The van der Waals surface area contributed by atoms with Gasteiger partial charge in [-0.1, -0.05) is 18.9 Å². The Morgan fingerprint density at radius 2 is 2.21 bits per heavy atom. The molecule has 14 heavy (non-hydrogen) atoms. The summed E-state index contributed by atoms with van der Waals surface area (Å²) >= 11 is 0. The number of anilines is 1. The lowest BCUT2D eigenvalue weighted by molar-refractivity contribution is 0.220. The van der Waals surface area contributed by atoms with E-state index in [2.05, 4.69) is 28.9 Å². The third-order valence-electron chi connectivity index (χ3n) is 2.90. The molecule has 0 bridgehead atoms. The average Bonchev–Trinajstić information content (AvgIpc) is 2.61. The third kappa shape index (κ3) is 1.48. The molecule has 1 aromatic heterocycles. The van der Waals surface area contributed by atoms with Gasteiger partial charge in [-0.2, -0.15) is 0 Å². The van der Waals surface area contributed by atoms with E-state index < -0.39 is 0 Å². The molecule has 1 aromatic rings. The van der Waals surface area contributed by atoms with Crippen molar-refractivity contribution in [3.05, 3.63) is 5.89 Å². The Balaban J connectivity index is 1.99. The highest BCUT2D eigenvalue weighted by molar-refractivity contribution is 5.31. The lowest BCUT2D eigenvalue weighted by Crippen LogP contribution is -2.54. The van der Waals surface area contributed by atoms with Gasteiger partial charge >= 0.3 is 6.01 Å². The van der Waals surface area contributed by atoms with E-state index in [0.717, 1.165) is 13.1 Å². The van der Waals surface area contributed by atoms with Crippen molar-refractivity contribution in [3.8, 4) is 0 Å². The highest BCUT2D eigenvalue weighted by atomic mass is 16.4. The molecule has 2 heterocycles. The highest BCUT2D eigenvalue weighted by Gasteiger charge is 2.39. The van der Waals surface area contributed by atoms with Gasteiger partial charge in [-0.15, -0.1) is 5.10 Å². The van der Waals surface area contributed by atoms with Crippen molar-refractivity contribution >= 4 is 6.01 Å². The number of hydrogen-bond donors (Lipinski definition) is 1. The van der Waals surface area contributed by atoms with Gasteiger partial charge in [0.1, 0.15) is 0 Å². The molecule has 2 N–H and O–H groups in total. The van der Waals surface area contributed by atoms with Crippen LogP contribution in [0, 0.1) is 5.41 Å². The number of nitrogens with zero attached hydrogens (tertiary/aromatic N) is 3. The smallest absolute Gasteiger partial charge is 0.318 e. The van der Waals surface area contributed by atoms with E-state index in [0.29, 0.717) is 23.9 Å². The van der Waals surface area contributed by atoms with Crippen LogP contribution in [0.25, 0.3) is 0 Å². The van der Waals surface area contributed by atoms with Crippen LogP contribution in [0.3, 0.4) is 0 Å². The van der Waals surface area contributed by atoms with E-state index in [1.54, 1.807) is 0 Å². The van der Waals surface area contributed by atoms with Crippen molar-refractivity contribution in [2.45, 2.75) is 26.8 Å². The highest BCUT2D eigenvalue weighted by Crippen LogP contribution is 2.35. The Morgan fingerprint density at radius 3 is 2.71 bits per heavy atom. The fourth-order valence-electron chi connectivity index (χ4n) is 1.69. The molecule has 1 aliphatic heterocycles. The molecule has 0 aromatic carbocycles. The summed E-state index contributed by atoms with van der Waals surface area (Å²) in [4.78, 5) is 2.09. The summed E-state index contributed by atoms with van der Waals surface area (Å²) in [5.41, 5.74) is 5.80. The lowest BCUT2D eigenvalue weighted by atomic mass is 9.80. The molecule has 0 atom stereocenters. The van der Waals surface area contributed by atoms with Crippen molar-refractivity contribution in [1.29, 1.82) is 0 Å². The number of nitrogens with two attached hydrogens (primary N) is 1. The molecule has 0 saturated carbocycles. The minimum atomic E-state index is 0.311. The second-order valence-corrected chi connectivity index (χ2v) is 4.20. The quantitative estimate of drug-likeness (QED) is 0.773. The molecule has 0 radical (unpaired) electrons. The Labute approximate surface area is 83.3 Å². The van der Waals surface area contributed by atoms with Gasteiger partial charge in [0.25, 0.3) is 0 Å². The molecule has 1 fully saturated rings. The molecular formula is C9H16N4O. The zero-order chi connectivity index (χ0) is 10.2. The predicted octanol–water partition coefficient (Wildman–Crippen LogP) is 0.765. The Kier molecular flexibility index (Phi) is 2.19. The van der Waals surface area contributed by atoms with Gasteiger partial charge in [0.2, 0.25) is 5.89 Å². The minimum absolute atomic E-state index is 0.311. The van der Waals surface area contributed by atoms with E-state index in [1.807, 2.05) is 0 Å². The van der Waals surface area contributed by atoms with E-state index in [9.17, 15) is 0 Å². The zero-order valence-corrected chi connectivity index (χ0v) is 8.66. The molecule has 0 spiro atoms. The van der Waals surface area contributed by atoms with Crippen LogP contribution >= 0.6 is 0 Å². The molecule has 0 unspecified atom stereocenters. The molecule has 0 amide bonds. The van der Waals surface area contributed by atoms with Crippen molar-refractivity contribution in [2.24, 2.45) is 11.1 Å². The third-order valence-corrected chi connectivity index (χ3v) is 2.90. The summed E-state index contributed by atoms with van der Waals surface area (Å²) in [7, 11) is 0. The van der Waals surface area contributed by atoms with Crippen molar-refractivity contribution in [1.82, 2.24) is 10.2 Å². The Morgan fingerprint density at radius 1 is 1.50 bits per heavy atom. The van der Waals surface area contributed by atoms with Crippen LogP contribution in [0.4, 0.5) is 6.01 Å². The molecule has 1 saturated heterocycles. The maximum absolute atomic E-state index is 5.39. The Hall–Kier alpha value is -1.10. The summed E-state index contributed by atoms with van der Waals surface area (Å²) in [5, 5.41) is 7.77. The Bertz CT molecular complexity index is 316. The minimum Gasteiger partial charge on any atom is -0.407 e. The molecule has 5 nitrogen and oxygen atoms in total. The SMILES string of the molecule is CCC1(C)CN(c2nnc(CN)o2)C1. The average molecular weight is 196 g/mol. The second-order valence-electron chi connectivity index (χ2n) is 4.20. The van der Waals surface area contributed by atoms with E-state index in [1.165, 1.54) is 6.42 Å². The largest absolute Gasteiger partial charge is 0.407 e. The monoisotopic (exact) mass is 196 g/mol. The zero-order valence-electron chi connectivity index (χ0n) is 8.66. The van der Waals surface area contributed by atoms with Gasteiger partial charge in [0.15, 0.2) is 0 Å². The maximum atomic E-state index is 5.39. The van der Waals surface area contributed by atoms with Crippen LogP contribution in [0.5, 0.6) is 0 Å². The van der Waals surface area contributed by atoms with Gasteiger partial charge in [-0.3, -0.25) is 0 Å². The number of aromatic nitrogens is 2. The first-order valence-corrected chi connectivity index (χ1v) is 4.94. The topological polar surface area (TPSA) is 68.2 Å². The normalized spacial score (nSPS) is 19.5. The molecule has 5 heteroatoms. The van der Waals surface area contributed by atoms with E-state index >= 15 is 0 Å².